The first-order valence-electron chi connectivity index (χ1n) is 2.84. The van der Waals surface area contributed by atoms with Crippen LogP contribution in [0.4, 0.5) is 0 Å². The first kappa shape index (κ1) is 30.3. The molecular weight excluding hydrogens is 301 g/mol. The molecule has 0 aromatic rings. The summed E-state index contributed by atoms with van der Waals surface area (Å²) in [6.45, 7) is 0. The highest BCUT2D eigenvalue weighted by Crippen LogP contribution is 2.61. The van der Waals surface area contributed by atoms with Crippen LogP contribution in [-0.4, -0.2) is 27.8 Å². The van der Waals surface area contributed by atoms with E-state index < -0.39 is 0 Å². The van der Waals surface area contributed by atoms with Gasteiger partial charge in [-0.1, -0.05) is 72.9 Å². The van der Waals surface area contributed by atoms with Crippen LogP contribution in [0.2, 0.25) is 0 Å². The van der Waals surface area contributed by atoms with E-state index in [1.807, 2.05) is 66.7 Å². The van der Waals surface area contributed by atoms with Gasteiger partial charge in [0.25, 0.3) is 0 Å². The van der Waals surface area contributed by atoms with Gasteiger partial charge in [0.05, 0.1) is 0 Å². The largest absolute Gasteiger partial charge is 0.155 e. The van der Waals surface area contributed by atoms with E-state index in [9.17, 15) is 0 Å². The van der Waals surface area contributed by atoms with Gasteiger partial charge in [-0.2, -0.15) is 23.5 Å². The van der Waals surface area contributed by atoms with E-state index in [4.69, 9.17) is 0 Å². The summed E-state index contributed by atoms with van der Waals surface area (Å²) in [6.07, 6.45) is 6.33. The Bertz CT molecular complexity index is 75.0. The van der Waals surface area contributed by atoms with Crippen LogP contribution < -0.4 is 0 Å². The van der Waals surface area contributed by atoms with Gasteiger partial charge in [-0.3, -0.25) is 0 Å². The molecule has 1 fully saturated rings. The molecule has 0 aromatic heterocycles. The van der Waals surface area contributed by atoms with Crippen LogP contribution in [0, 0.1) is 0 Å². The van der Waals surface area contributed by atoms with Crippen molar-refractivity contribution >= 4 is 66.7 Å². The number of hydrogen-bond donors (Lipinski definition) is 0. The molecule has 0 nitrogen and oxygen atoms in total. The lowest BCUT2D eigenvalue weighted by Crippen LogP contribution is -1.56. The number of thioether (sulfide) groups is 2. The molecule has 1 aliphatic rings. The predicted molar refractivity (Wildman–Crippen MR) is 98.9 cm³/mol. The van der Waals surface area contributed by atoms with Crippen molar-refractivity contribution < 1.29 is 0 Å². The van der Waals surface area contributed by atoms with Gasteiger partial charge < -0.3 is 0 Å². The van der Waals surface area contributed by atoms with Crippen molar-refractivity contribution in [3.63, 3.8) is 0 Å². The van der Waals surface area contributed by atoms with Gasteiger partial charge in [0.15, 0.2) is 0 Å². The highest BCUT2D eigenvalue weighted by molar-refractivity contribution is 9.02. The monoisotopic (exact) mass is 328 g/mol. The van der Waals surface area contributed by atoms with Crippen molar-refractivity contribution in [2.75, 3.05) is 23.9 Å². The summed E-state index contributed by atoms with van der Waals surface area (Å²) in [7, 11) is 7.69. The molecule has 0 bridgehead atoms. The van der Waals surface area contributed by atoms with Crippen LogP contribution in [0.25, 0.3) is 0 Å². The zero-order valence-electron chi connectivity index (χ0n) is 6.73. The van der Waals surface area contributed by atoms with Crippen molar-refractivity contribution in [3.8, 4) is 0 Å². The fourth-order valence-electron chi connectivity index (χ4n) is 0.251. The molecule has 6 heteroatoms. The Morgan fingerprint density at radius 3 is 1.33 bits per heavy atom. The zero-order valence-corrected chi connectivity index (χ0v) is 11.6. The lowest BCUT2D eigenvalue weighted by atomic mass is 11.9. The molecule has 0 amide bonds. The first-order valence-corrected chi connectivity index (χ1v) is 10.5. The average molecular weight is 329 g/mol. The van der Waals surface area contributed by atoms with E-state index in [-0.39, 0.29) is 29.7 Å². The van der Waals surface area contributed by atoms with E-state index in [1.165, 1.54) is 5.08 Å². The van der Waals surface area contributed by atoms with E-state index in [1.54, 1.807) is 0 Å². The maximum Gasteiger partial charge on any atom is 0.126 e. The van der Waals surface area contributed by atoms with E-state index in [2.05, 4.69) is 18.8 Å². The normalized spacial score (nSPS) is 11.4. The first-order chi connectivity index (χ1) is 5.35. The van der Waals surface area contributed by atoms with E-state index in [0.29, 0.717) is 0 Å². The second kappa shape index (κ2) is 25.1. The molecule has 0 spiro atoms. The van der Waals surface area contributed by atoms with Crippen LogP contribution in [0.3, 0.4) is 0 Å². The Kier molecular flexibility index (Phi) is 50.6. The van der Waals surface area contributed by atoms with Gasteiger partial charge in [-0.15, -0.1) is 0 Å². The molecule has 0 unspecified atom stereocenters. The lowest BCUT2D eigenvalue weighted by Gasteiger charge is -1.80. The van der Waals surface area contributed by atoms with Gasteiger partial charge >= 0.3 is 0 Å². The van der Waals surface area contributed by atoms with Crippen molar-refractivity contribution in [1.82, 2.24) is 0 Å². The number of hydrogen-bond acceptors (Lipinski definition) is 6. The standard InChI is InChI=1S/C3H8S2.C2H4S4.4CH4/c1-4-3-5-2;1-3-4-2-5-6-2;;;;/h3H2,1-2H3;2H,1H3;4*1H4. The van der Waals surface area contributed by atoms with Crippen LogP contribution in [0.1, 0.15) is 29.7 Å². The summed E-state index contributed by atoms with van der Waals surface area (Å²) in [4.78, 5) is 0. The van der Waals surface area contributed by atoms with Gasteiger partial charge in [0, 0.05) is 5.08 Å². The Balaban J connectivity index is -0.0000000356. The second-order valence-electron chi connectivity index (χ2n) is 1.44. The molecule has 0 atom stereocenters. The minimum Gasteiger partial charge on any atom is -0.155 e. The fourth-order valence-corrected chi connectivity index (χ4v) is 6.39. The maximum atomic E-state index is 2.12. The molecular formula is C9H28S6. The van der Waals surface area contributed by atoms with Crippen LogP contribution in [0.15, 0.2) is 0 Å². The minimum atomic E-state index is 0. The Labute approximate surface area is 123 Å². The molecule has 0 saturated carbocycles. The molecule has 0 N–H and O–H groups in total. The van der Waals surface area contributed by atoms with Crippen molar-refractivity contribution in [2.45, 2.75) is 33.6 Å². The average Bonchev–Trinajstić information content (AvgIpc) is 2.76. The molecule has 1 saturated heterocycles. The van der Waals surface area contributed by atoms with Gasteiger partial charge in [0.2, 0.25) is 0 Å². The second-order valence-corrected chi connectivity index (χ2v) is 9.49. The Morgan fingerprint density at radius 1 is 0.867 bits per heavy atom. The van der Waals surface area contributed by atoms with Crippen molar-refractivity contribution in [2.24, 2.45) is 0 Å². The summed E-state index contributed by atoms with van der Waals surface area (Å²) in [6, 6.07) is 0. The smallest absolute Gasteiger partial charge is 0.126 e. The predicted octanol–water partition coefficient (Wildman–Crippen LogP) is 6.89. The fraction of sp³-hybridized carbons (Fsp3) is 1.00. The molecule has 15 heavy (non-hydrogen) atoms. The third-order valence-corrected chi connectivity index (χ3v) is 8.10. The highest BCUT2D eigenvalue weighted by atomic mass is 33.2. The van der Waals surface area contributed by atoms with Crippen molar-refractivity contribution in [3.05, 3.63) is 0 Å². The molecule has 0 aromatic carbocycles. The highest BCUT2D eigenvalue weighted by Gasteiger charge is 2.23. The van der Waals surface area contributed by atoms with E-state index in [0.717, 1.165) is 3.91 Å². The van der Waals surface area contributed by atoms with E-state index >= 15 is 0 Å². The topological polar surface area (TPSA) is 0 Å². The Morgan fingerprint density at radius 2 is 1.27 bits per heavy atom. The summed E-state index contributed by atoms with van der Waals surface area (Å²) in [5, 5.41) is 1.22. The van der Waals surface area contributed by atoms with Gasteiger partial charge in [-0.25, -0.2) is 0 Å². The molecule has 1 aliphatic heterocycles. The summed E-state index contributed by atoms with van der Waals surface area (Å²) in [5.74, 6) is 0. The summed E-state index contributed by atoms with van der Waals surface area (Å²) < 4.78 is 0.861. The van der Waals surface area contributed by atoms with Gasteiger partial charge in [0.1, 0.15) is 3.91 Å². The summed E-state index contributed by atoms with van der Waals surface area (Å²) >= 11 is 3.73. The SMILES string of the molecule is C.C.C.C.CSCSC.CSSC1SS1. The lowest BCUT2D eigenvalue weighted by molar-refractivity contribution is 2.20. The number of rotatable bonds is 4. The van der Waals surface area contributed by atoms with Crippen molar-refractivity contribution in [1.29, 1.82) is 0 Å². The minimum absolute atomic E-state index is 0. The molecule has 1 rings (SSSR count). The Hall–Kier alpha value is 2.10. The van der Waals surface area contributed by atoms with Gasteiger partial charge in [-0.05, 0) is 18.8 Å². The maximum absolute atomic E-state index is 2.12. The molecule has 1 heterocycles. The molecule has 100 valence electrons. The molecule has 0 aliphatic carbocycles. The third-order valence-electron chi connectivity index (χ3n) is 0.585. The van der Waals surface area contributed by atoms with Crippen LogP contribution in [-0.2, 0) is 0 Å². The third kappa shape index (κ3) is 31.4. The van der Waals surface area contributed by atoms with Crippen LogP contribution >= 0.6 is 66.7 Å². The quantitative estimate of drug-likeness (QED) is 0.311. The zero-order chi connectivity index (χ0) is 8.53. The van der Waals surface area contributed by atoms with Crippen LogP contribution in [0.5, 0.6) is 0 Å². The molecule has 0 radical (unpaired) electrons. The summed E-state index contributed by atoms with van der Waals surface area (Å²) in [5.41, 5.74) is 0.